The normalized spacial score (nSPS) is 14.0. The van der Waals surface area contributed by atoms with E-state index in [9.17, 15) is 14.9 Å². The molecule has 138 valence electrons. The number of nitrogens with zero attached hydrogens (tertiary/aromatic N) is 4. The van der Waals surface area contributed by atoms with E-state index in [2.05, 4.69) is 10.1 Å². The van der Waals surface area contributed by atoms with Gasteiger partial charge in [0, 0.05) is 16.5 Å². The van der Waals surface area contributed by atoms with E-state index in [1.54, 1.807) is 11.3 Å². The zero-order valence-corrected chi connectivity index (χ0v) is 16.1. The Bertz CT molecular complexity index is 1170. The molecular formula is C17H12Cl2N4O3S. The number of aryl methyl sites for hydroxylation is 2. The average Bonchev–Trinajstić information content (AvgIpc) is 3.01. The lowest BCUT2D eigenvalue weighted by Gasteiger charge is -2.09. The van der Waals surface area contributed by atoms with Crippen LogP contribution in [0.4, 0.5) is 5.69 Å². The zero-order chi connectivity index (χ0) is 19.1. The molecule has 10 heteroatoms. The van der Waals surface area contributed by atoms with Crippen LogP contribution in [0.25, 0.3) is 10.2 Å². The van der Waals surface area contributed by atoms with E-state index in [-0.39, 0.29) is 26.9 Å². The lowest BCUT2D eigenvalue weighted by atomic mass is 9.97. The molecule has 0 saturated carbocycles. The number of halogens is 2. The van der Waals surface area contributed by atoms with Crippen molar-refractivity contribution in [2.45, 2.75) is 25.7 Å². The van der Waals surface area contributed by atoms with Gasteiger partial charge in [-0.1, -0.05) is 23.2 Å². The van der Waals surface area contributed by atoms with Crippen LogP contribution in [0.15, 0.2) is 28.4 Å². The van der Waals surface area contributed by atoms with Crippen molar-refractivity contribution in [3.63, 3.8) is 0 Å². The van der Waals surface area contributed by atoms with Crippen molar-refractivity contribution in [2.24, 2.45) is 5.10 Å². The Labute approximate surface area is 167 Å². The van der Waals surface area contributed by atoms with Gasteiger partial charge in [0.25, 0.3) is 11.2 Å². The van der Waals surface area contributed by atoms with Crippen LogP contribution in [-0.4, -0.2) is 20.8 Å². The van der Waals surface area contributed by atoms with Crippen molar-refractivity contribution < 1.29 is 4.92 Å². The van der Waals surface area contributed by atoms with Gasteiger partial charge in [0.1, 0.15) is 16.2 Å². The van der Waals surface area contributed by atoms with E-state index in [1.165, 1.54) is 29.6 Å². The molecule has 0 fully saturated rings. The number of aromatic nitrogens is 2. The fourth-order valence-electron chi connectivity index (χ4n) is 3.14. The summed E-state index contributed by atoms with van der Waals surface area (Å²) < 4.78 is 1.13. The predicted molar refractivity (Wildman–Crippen MR) is 107 cm³/mol. The summed E-state index contributed by atoms with van der Waals surface area (Å²) in [5.41, 5.74) is 0.821. The molecule has 0 atom stereocenters. The standard InChI is InChI=1S/C17H12Cl2N4O3S/c18-11-6-12(19)13(23(25)26)5-9(11)7-21-22-8-20-16-15(17(22)24)10-3-1-2-4-14(10)27-16/h5-8H,1-4H2/b21-7+. The van der Waals surface area contributed by atoms with Crippen molar-refractivity contribution in [3.05, 3.63) is 65.0 Å². The van der Waals surface area contributed by atoms with Crippen molar-refractivity contribution in [1.82, 2.24) is 9.66 Å². The topological polar surface area (TPSA) is 90.4 Å². The molecule has 0 amide bonds. The summed E-state index contributed by atoms with van der Waals surface area (Å²) in [7, 11) is 0. The SMILES string of the molecule is O=c1c2c3c(sc2ncn1/N=C/c1cc([N+](=O)[O-])c(Cl)cc1Cl)CCCC3. The third kappa shape index (κ3) is 3.24. The van der Waals surface area contributed by atoms with Gasteiger partial charge in [0.05, 0.1) is 21.5 Å². The van der Waals surface area contributed by atoms with Crippen LogP contribution in [-0.2, 0) is 12.8 Å². The number of thiophene rings is 1. The largest absolute Gasteiger partial charge is 0.288 e. The van der Waals surface area contributed by atoms with E-state index >= 15 is 0 Å². The molecule has 1 aromatic carbocycles. The predicted octanol–water partition coefficient (Wildman–Crippen LogP) is 4.43. The first kappa shape index (κ1) is 18.1. The monoisotopic (exact) mass is 422 g/mol. The molecule has 2 aromatic heterocycles. The molecule has 27 heavy (non-hydrogen) atoms. The van der Waals surface area contributed by atoms with E-state index in [0.717, 1.165) is 40.8 Å². The van der Waals surface area contributed by atoms with Gasteiger partial charge in [-0.25, -0.2) is 4.98 Å². The number of nitro groups is 1. The molecule has 0 saturated heterocycles. The van der Waals surface area contributed by atoms with E-state index in [0.29, 0.717) is 5.39 Å². The molecule has 0 aliphatic heterocycles. The second kappa shape index (κ2) is 7.03. The van der Waals surface area contributed by atoms with Crippen LogP contribution in [0.1, 0.15) is 28.8 Å². The quantitative estimate of drug-likeness (QED) is 0.354. The summed E-state index contributed by atoms with van der Waals surface area (Å²) in [6, 6.07) is 2.50. The van der Waals surface area contributed by atoms with Gasteiger partial charge < -0.3 is 0 Å². The summed E-state index contributed by atoms with van der Waals surface area (Å²) in [5, 5.41) is 15.9. The van der Waals surface area contributed by atoms with Gasteiger partial charge in [-0.15, -0.1) is 11.3 Å². The van der Waals surface area contributed by atoms with Gasteiger partial charge in [-0.3, -0.25) is 14.9 Å². The molecule has 2 heterocycles. The summed E-state index contributed by atoms with van der Waals surface area (Å²) in [6.07, 6.45) is 6.67. The summed E-state index contributed by atoms with van der Waals surface area (Å²) in [4.78, 5) is 29.6. The number of benzene rings is 1. The molecule has 0 radical (unpaired) electrons. The first-order chi connectivity index (χ1) is 13.0. The van der Waals surface area contributed by atoms with E-state index < -0.39 is 4.92 Å². The van der Waals surface area contributed by atoms with Crippen LogP contribution >= 0.6 is 34.5 Å². The lowest BCUT2D eigenvalue weighted by molar-refractivity contribution is -0.384. The van der Waals surface area contributed by atoms with E-state index in [1.807, 2.05) is 0 Å². The molecule has 1 aliphatic carbocycles. The average molecular weight is 423 g/mol. The van der Waals surface area contributed by atoms with Crippen molar-refractivity contribution in [3.8, 4) is 0 Å². The maximum absolute atomic E-state index is 12.9. The summed E-state index contributed by atoms with van der Waals surface area (Å²) >= 11 is 13.5. The highest BCUT2D eigenvalue weighted by Gasteiger charge is 2.20. The van der Waals surface area contributed by atoms with Crippen molar-refractivity contribution in [2.75, 3.05) is 0 Å². The fraction of sp³-hybridized carbons (Fsp3) is 0.235. The summed E-state index contributed by atoms with van der Waals surface area (Å²) in [5.74, 6) is 0. The second-order valence-electron chi connectivity index (χ2n) is 6.11. The number of rotatable bonds is 3. The lowest BCUT2D eigenvalue weighted by Crippen LogP contribution is -2.18. The Balaban J connectivity index is 1.78. The molecule has 0 unspecified atom stereocenters. The van der Waals surface area contributed by atoms with Gasteiger partial charge in [0.2, 0.25) is 0 Å². The Hall–Kier alpha value is -2.29. The molecule has 0 bridgehead atoms. The molecular weight excluding hydrogens is 411 g/mol. The van der Waals surface area contributed by atoms with Crippen molar-refractivity contribution in [1.29, 1.82) is 0 Å². The molecule has 4 rings (SSSR count). The highest BCUT2D eigenvalue weighted by molar-refractivity contribution is 7.18. The molecule has 0 spiro atoms. The van der Waals surface area contributed by atoms with Crippen LogP contribution in [0.5, 0.6) is 0 Å². The number of hydrogen-bond donors (Lipinski definition) is 0. The zero-order valence-electron chi connectivity index (χ0n) is 13.8. The maximum Gasteiger partial charge on any atom is 0.288 e. The fourth-order valence-corrected chi connectivity index (χ4v) is 4.86. The van der Waals surface area contributed by atoms with Gasteiger partial charge in [-0.2, -0.15) is 9.78 Å². The maximum atomic E-state index is 12.9. The van der Waals surface area contributed by atoms with Gasteiger partial charge in [0.15, 0.2) is 0 Å². The number of hydrogen-bond acceptors (Lipinski definition) is 6. The number of nitro benzene ring substituents is 1. The molecule has 0 N–H and O–H groups in total. The minimum absolute atomic E-state index is 0.0627. The minimum Gasteiger partial charge on any atom is -0.267 e. The van der Waals surface area contributed by atoms with Gasteiger partial charge >= 0.3 is 0 Å². The number of fused-ring (bicyclic) bond motifs is 3. The molecule has 3 aromatic rings. The van der Waals surface area contributed by atoms with Crippen LogP contribution < -0.4 is 5.56 Å². The molecule has 1 aliphatic rings. The highest BCUT2D eigenvalue weighted by Crippen LogP contribution is 2.33. The highest BCUT2D eigenvalue weighted by atomic mass is 35.5. The van der Waals surface area contributed by atoms with Crippen molar-refractivity contribution >= 4 is 56.7 Å². The summed E-state index contributed by atoms with van der Waals surface area (Å²) in [6.45, 7) is 0. The third-order valence-corrected chi connectivity index (χ3v) is 6.27. The van der Waals surface area contributed by atoms with Gasteiger partial charge in [-0.05, 0) is 37.3 Å². The van der Waals surface area contributed by atoms with Crippen LogP contribution in [0.3, 0.4) is 0 Å². The third-order valence-electron chi connectivity index (χ3n) is 4.44. The smallest absolute Gasteiger partial charge is 0.267 e. The van der Waals surface area contributed by atoms with Crippen LogP contribution in [0, 0.1) is 10.1 Å². The first-order valence-corrected chi connectivity index (χ1v) is 9.72. The minimum atomic E-state index is -0.604. The first-order valence-electron chi connectivity index (χ1n) is 8.15. The Morgan fingerprint density at radius 3 is 2.81 bits per heavy atom. The Morgan fingerprint density at radius 1 is 1.26 bits per heavy atom. The van der Waals surface area contributed by atoms with E-state index in [4.69, 9.17) is 23.2 Å². The van der Waals surface area contributed by atoms with Crippen LogP contribution in [0.2, 0.25) is 10.0 Å². The Morgan fingerprint density at radius 2 is 2.04 bits per heavy atom. The molecule has 7 nitrogen and oxygen atoms in total. The Kier molecular flexibility index (Phi) is 4.71. The second-order valence-corrected chi connectivity index (χ2v) is 8.01.